The maximum atomic E-state index is 2.43. The van der Waals surface area contributed by atoms with Crippen LogP contribution in [0.5, 0.6) is 0 Å². The molecule has 266 valence electrons. The summed E-state index contributed by atoms with van der Waals surface area (Å²) in [7, 11) is 0. The molecular weight excluding hydrogens is 697 g/mol. The van der Waals surface area contributed by atoms with E-state index in [1.165, 1.54) is 42.8 Å². The van der Waals surface area contributed by atoms with Gasteiger partial charge in [0.25, 0.3) is 0 Å². The highest BCUT2D eigenvalue weighted by molar-refractivity contribution is 7.99. The summed E-state index contributed by atoms with van der Waals surface area (Å²) in [5.74, 6) is 0. The van der Waals surface area contributed by atoms with Crippen molar-refractivity contribution < 1.29 is 0 Å². The van der Waals surface area contributed by atoms with Crippen LogP contribution in [0.4, 0.5) is 34.1 Å². The van der Waals surface area contributed by atoms with Crippen LogP contribution < -0.4 is 9.80 Å². The average molecular weight is 735 g/mol. The Bertz CT molecular complexity index is 2580. The number of rotatable bonds is 8. The third-order valence-electron chi connectivity index (χ3n) is 10.9. The summed E-state index contributed by atoms with van der Waals surface area (Å²) in [6, 6.07) is 83.8. The highest BCUT2D eigenvalue weighted by Crippen LogP contribution is 2.58. The minimum Gasteiger partial charge on any atom is -0.310 e. The van der Waals surface area contributed by atoms with Crippen LogP contribution in [0, 0.1) is 0 Å². The molecule has 0 bridgehead atoms. The van der Waals surface area contributed by atoms with E-state index in [1.54, 1.807) is 0 Å². The van der Waals surface area contributed by atoms with E-state index in [0.29, 0.717) is 0 Å². The zero-order chi connectivity index (χ0) is 37.3. The standard InChI is InChI=1S/C53H38N2S/c1-5-22-42(23-6-1)54(43-24-7-2-8-25-43)46-30-17-20-40(37-46)53(49-33-15-16-34-50(49)56-51-36-35-39-19-13-14-32-48(39)52(51)53)41-21-18-31-47(38-41)55(44-26-9-3-10-27-44)45-28-11-4-12-29-45/h1-38H. The van der Waals surface area contributed by atoms with Crippen LogP contribution in [0.15, 0.2) is 240 Å². The largest absolute Gasteiger partial charge is 0.310 e. The number of para-hydroxylation sites is 4. The maximum Gasteiger partial charge on any atom is 0.0731 e. The Labute approximate surface area is 333 Å². The molecule has 0 amide bonds. The van der Waals surface area contributed by atoms with Crippen LogP contribution in [-0.2, 0) is 5.41 Å². The normalized spacial score (nSPS) is 12.7. The summed E-state index contributed by atoms with van der Waals surface area (Å²) >= 11 is 1.88. The Hall–Kier alpha value is -6.81. The van der Waals surface area contributed by atoms with Crippen LogP contribution in [0.3, 0.4) is 0 Å². The van der Waals surface area contributed by atoms with Gasteiger partial charge in [-0.1, -0.05) is 157 Å². The molecule has 1 aliphatic rings. The van der Waals surface area contributed by atoms with Crippen LogP contribution in [0.25, 0.3) is 10.8 Å². The molecule has 1 aliphatic heterocycles. The lowest BCUT2D eigenvalue weighted by Gasteiger charge is -2.43. The number of benzene rings is 9. The fourth-order valence-corrected chi connectivity index (χ4v) is 9.78. The predicted molar refractivity (Wildman–Crippen MR) is 236 cm³/mol. The Morgan fingerprint density at radius 2 is 0.750 bits per heavy atom. The van der Waals surface area contributed by atoms with E-state index >= 15 is 0 Å². The summed E-state index contributed by atoms with van der Waals surface area (Å²) in [4.78, 5) is 7.27. The molecule has 0 radical (unpaired) electrons. The Morgan fingerprint density at radius 1 is 0.321 bits per heavy atom. The molecule has 0 spiro atoms. The predicted octanol–water partition coefficient (Wildman–Crippen LogP) is 14.6. The second-order valence-electron chi connectivity index (χ2n) is 14.1. The Morgan fingerprint density at radius 3 is 1.27 bits per heavy atom. The molecule has 0 saturated carbocycles. The van der Waals surface area contributed by atoms with E-state index in [4.69, 9.17) is 0 Å². The van der Waals surface area contributed by atoms with E-state index < -0.39 is 5.41 Å². The molecular formula is C53H38N2S. The lowest BCUT2D eigenvalue weighted by Crippen LogP contribution is -2.34. The summed E-state index contributed by atoms with van der Waals surface area (Å²) in [6.07, 6.45) is 0. The molecule has 0 unspecified atom stereocenters. The zero-order valence-electron chi connectivity index (χ0n) is 30.7. The van der Waals surface area contributed by atoms with Crippen molar-refractivity contribution in [3.63, 3.8) is 0 Å². The Kier molecular flexibility index (Phi) is 8.70. The highest BCUT2D eigenvalue weighted by Gasteiger charge is 2.46. The number of fused-ring (bicyclic) bond motifs is 4. The maximum absolute atomic E-state index is 2.43. The minimum absolute atomic E-state index is 0.678. The van der Waals surface area contributed by atoms with Gasteiger partial charge in [-0.3, -0.25) is 0 Å². The highest BCUT2D eigenvalue weighted by atomic mass is 32.2. The van der Waals surface area contributed by atoms with E-state index in [0.717, 1.165) is 34.1 Å². The third kappa shape index (κ3) is 5.76. The third-order valence-corrected chi connectivity index (χ3v) is 12.0. The molecule has 0 N–H and O–H groups in total. The van der Waals surface area contributed by atoms with Crippen molar-refractivity contribution in [1.82, 2.24) is 0 Å². The topological polar surface area (TPSA) is 6.48 Å². The first-order valence-electron chi connectivity index (χ1n) is 19.1. The molecule has 1 heterocycles. The summed E-state index contributed by atoms with van der Waals surface area (Å²) in [6.45, 7) is 0. The quantitative estimate of drug-likeness (QED) is 0.153. The second-order valence-corrected chi connectivity index (χ2v) is 15.2. The van der Waals surface area contributed by atoms with Gasteiger partial charge in [0.15, 0.2) is 0 Å². The first-order chi connectivity index (χ1) is 27.8. The van der Waals surface area contributed by atoms with Crippen molar-refractivity contribution in [2.45, 2.75) is 15.2 Å². The van der Waals surface area contributed by atoms with Crippen molar-refractivity contribution in [3.8, 4) is 0 Å². The SMILES string of the molecule is c1ccc(N(c2ccccc2)c2cccc(C3(c4cccc(N(c5ccccc5)c5ccccc5)c4)c4ccccc4Sc4ccc5ccccc5c43)c2)cc1. The van der Waals surface area contributed by atoms with Crippen LogP contribution in [0.1, 0.15) is 22.3 Å². The van der Waals surface area contributed by atoms with Crippen molar-refractivity contribution >= 4 is 56.7 Å². The molecule has 0 saturated heterocycles. The van der Waals surface area contributed by atoms with E-state index in [9.17, 15) is 0 Å². The fraction of sp³-hybridized carbons (Fsp3) is 0.0189. The monoisotopic (exact) mass is 734 g/mol. The van der Waals surface area contributed by atoms with Gasteiger partial charge in [0.2, 0.25) is 0 Å². The Balaban J connectivity index is 1.30. The van der Waals surface area contributed by atoms with Gasteiger partial charge in [0, 0.05) is 43.9 Å². The van der Waals surface area contributed by atoms with Crippen molar-refractivity contribution in [2.24, 2.45) is 0 Å². The second kappa shape index (κ2) is 14.4. The van der Waals surface area contributed by atoms with Crippen LogP contribution in [-0.4, -0.2) is 0 Å². The zero-order valence-corrected chi connectivity index (χ0v) is 31.6. The lowest BCUT2D eigenvalue weighted by molar-refractivity contribution is 0.710. The molecule has 9 aromatic rings. The average Bonchev–Trinajstić information content (AvgIpc) is 3.27. The first kappa shape index (κ1) is 33.7. The molecule has 0 aliphatic carbocycles. The molecule has 10 rings (SSSR count). The van der Waals surface area contributed by atoms with Gasteiger partial charge in [-0.05, 0) is 118 Å². The van der Waals surface area contributed by atoms with E-state index in [2.05, 4.69) is 240 Å². The van der Waals surface area contributed by atoms with Gasteiger partial charge in [-0.2, -0.15) is 0 Å². The molecule has 0 atom stereocenters. The van der Waals surface area contributed by atoms with Crippen molar-refractivity contribution in [1.29, 1.82) is 0 Å². The summed E-state index contributed by atoms with van der Waals surface area (Å²) in [5.41, 5.74) is 11.0. The fourth-order valence-electron chi connectivity index (χ4n) is 8.57. The van der Waals surface area contributed by atoms with Gasteiger partial charge >= 0.3 is 0 Å². The lowest BCUT2D eigenvalue weighted by atomic mass is 9.63. The smallest absolute Gasteiger partial charge is 0.0731 e. The number of anilines is 6. The van der Waals surface area contributed by atoms with Crippen molar-refractivity contribution in [3.05, 3.63) is 253 Å². The summed E-state index contributed by atoms with van der Waals surface area (Å²) < 4.78 is 0. The molecule has 56 heavy (non-hydrogen) atoms. The number of hydrogen-bond acceptors (Lipinski definition) is 3. The first-order valence-corrected chi connectivity index (χ1v) is 19.9. The van der Waals surface area contributed by atoms with Gasteiger partial charge in [-0.15, -0.1) is 0 Å². The van der Waals surface area contributed by atoms with Crippen LogP contribution in [0.2, 0.25) is 0 Å². The molecule has 9 aromatic carbocycles. The van der Waals surface area contributed by atoms with Gasteiger partial charge in [-0.25, -0.2) is 0 Å². The minimum atomic E-state index is -0.678. The van der Waals surface area contributed by atoms with E-state index in [-0.39, 0.29) is 0 Å². The summed E-state index contributed by atoms with van der Waals surface area (Å²) in [5, 5.41) is 2.49. The van der Waals surface area contributed by atoms with Gasteiger partial charge < -0.3 is 9.80 Å². The number of hydrogen-bond donors (Lipinski definition) is 0. The van der Waals surface area contributed by atoms with E-state index in [1.807, 2.05) is 11.8 Å². The molecule has 3 heteroatoms. The molecule has 0 fully saturated rings. The number of nitrogens with zero attached hydrogens (tertiary/aromatic N) is 2. The van der Waals surface area contributed by atoms with Crippen molar-refractivity contribution in [2.75, 3.05) is 9.80 Å². The molecule has 0 aromatic heterocycles. The van der Waals surface area contributed by atoms with Gasteiger partial charge in [0.1, 0.15) is 0 Å². The molecule has 2 nitrogen and oxygen atoms in total. The van der Waals surface area contributed by atoms with Crippen LogP contribution >= 0.6 is 11.8 Å². The van der Waals surface area contributed by atoms with Gasteiger partial charge in [0.05, 0.1) is 5.41 Å².